The number of aromatic nitrogens is 3. The second-order valence-corrected chi connectivity index (χ2v) is 14.5. The maximum Gasteiger partial charge on any atom is 0.272 e. The van der Waals surface area contributed by atoms with Crippen LogP contribution in [0.4, 0.5) is 10.1 Å². The topological polar surface area (TPSA) is 179 Å². The molecule has 15 heteroatoms. The third-order valence-electron chi connectivity index (χ3n) is 10.2. The summed E-state index contributed by atoms with van der Waals surface area (Å²) in [6.45, 7) is 3.74. The lowest BCUT2D eigenvalue weighted by atomic mass is 10.0. The lowest BCUT2D eigenvalue weighted by molar-refractivity contribution is -0.131. The molecule has 1 aliphatic heterocycles. The number of nitrogens with one attached hydrogen (secondary N) is 4. The number of piperazine rings is 1. The van der Waals surface area contributed by atoms with Crippen LogP contribution in [0.2, 0.25) is 0 Å². The Kier molecular flexibility index (Phi) is 12.6. The van der Waals surface area contributed by atoms with Crippen molar-refractivity contribution in [1.29, 1.82) is 0 Å². The third kappa shape index (κ3) is 9.79. The minimum absolute atomic E-state index is 0.0574. The van der Waals surface area contributed by atoms with Gasteiger partial charge in [-0.3, -0.25) is 24.0 Å². The Balaban J connectivity index is 0.808. The number of ether oxygens (including phenoxy) is 1. The summed E-state index contributed by atoms with van der Waals surface area (Å²) in [6, 6.07) is 21.5. The zero-order chi connectivity index (χ0) is 40.6. The summed E-state index contributed by atoms with van der Waals surface area (Å²) in [5, 5.41) is 16.5. The zero-order valence-electron chi connectivity index (χ0n) is 32.2. The number of H-pyrrole nitrogens is 1. The Labute approximate surface area is 334 Å². The number of rotatable bonds is 15. The summed E-state index contributed by atoms with van der Waals surface area (Å²) in [5.74, 6) is -1.38. The van der Waals surface area contributed by atoms with Crippen LogP contribution in [0.25, 0.3) is 21.9 Å². The first-order valence-corrected chi connectivity index (χ1v) is 19.4. The van der Waals surface area contributed by atoms with E-state index < -0.39 is 17.6 Å². The first-order valence-electron chi connectivity index (χ1n) is 19.4. The molecule has 0 spiro atoms. The Morgan fingerprint density at radius 1 is 0.879 bits per heavy atom. The molecule has 2 fully saturated rings. The molecule has 4 N–H and O–H groups in total. The van der Waals surface area contributed by atoms with E-state index in [-0.39, 0.29) is 61.4 Å². The van der Waals surface area contributed by atoms with E-state index in [0.29, 0.717) is 66.3 Å². The second-order valence-electron chi connectivity index (χ2n) is 14.5. The molecule has 0 atom stereocenters. The first kappa shape index (κ1) is 39.9. The predicted molar refractivity (Wildman–Crippen MR) is 216 cm³/mol. The van der Waals surface area contributed by atoms with Gasteiger partial charge in [-0.05, 0) is 59.7 Å². The molecule has 1 saturated heterocycles. The molecule has 0 radical (unpaired) electrons. The number of hydrogen-bond donors (Lipinski definition) is 4. The van der Waals surface area contributed by atoms with Crippen LogP contribution in [0, 0.1) is 5.82 Å². The average Bonchev–Trinajstić information content (AvgIpc) is 4.09. The van der Waals surface area contributed by atoms with E-state index in [1.54, 1.807) is 46.3 Å². The average molecular weight is 789 g/mol. The van der Waals surface area contributed by atoms with Gasteiger partial charge in [0.25, 0.3) is 17.4 Å². The third-order valence-corrected chi connectivity index (χ3v) is 10.2. The number of fused-ring (bicyclic) bond motifs is 1. The van der Waals surface area contributed by atoms with Crippen molar-refractivity contribution in [1.82, 2.24) is 35.6 Å². The fourth-order valence-corrected chi connectivity index (χ4v) is 7.03. The molecule has 4 amide bonds. The van der Waals surface area contributed by atoms with Crippen molar-refractivity contribution >= 4 is 40.1 Å². The molecule has 3 heterocycles. The molecule has 14 nitrogen and oxygen atoms in total. The van der Waals surface area contributed by atoms with Crippen LogP contribution in [0.5, 0.6) is 0 Å². The highest BCUT2D eigenvalue weighted by atomic mass is 19.1. The number of anilines is 1. The van der Waals surface area contributed by atoms with Gasteiger partial charge in [-0.2, -0.15) is 5.10 Å². The fraction of sp³-hybridized carbons (Fsp3) is 0.326. The van der Waals surface area contributed by atoms with E-state index in [9.17, 15) is 28.4 Å². The number of halogens is 1. The highest BCUT2D eigenvalue weighted by Crippen LogP contribution is 2.41. The Hall–Kier alpha value is -6.32. The number of hydrogen-bond acceptors (Lipinski definition) is 9. The van der Waals surface area contributed by atoms with Crippen molar-refractivity contribution in [3.05, 3.63) is 123 Å². The van der Waals surface area contributed by atoms with Crippen LogP contribution in [0.15, 0.2) is 83.8 Å². The predicted octanol–water partition coefficient (Wildman–Crippen LogP) is 3.87. The molecule has 2 aliphatic rings. The molecular formula is C43H45FN8O6. The Morgan fingerprint density at radius 3 is 2.41 bits per heavy atom. The Morgan fingerprint density at radius 2 is 1.64 bits per heavy atom. The van der Waals surface area contributed by atoms with E-state index in [0.717, 1.165) is 11.1 Å². The normalized spacial score (nSPS) is 14.0. The highest BCUT2D eigenvalue weighted by molar-refractivity contribution is 6.02. The number of carbonyl (C=O) groups is 4. The number of benzene rings is 3. The van der Waals surface area contributed by atoms with Gasteiger partial charge in [0.05, 0.1) is 42.1 Å². The summed E-state index contributed by atoms with van der Waals surface area (Å²) in [5.41, 5.74) is 4.41. The SMILES string of the molecule is CC(=O)Nc1cc(-c2cccc(C3CC3)c2)cnc1C(=O)NCCOCCNCC(=O)N1CCN(C(=O)c2cc(Cc3n[nH]c(=O)c4ccccc34)ccc2F)CC1. The minimum atomic E-state index is -0.635. The van der Waals surface area contributed by atoms with Crippen molar-refractivity contribution in [2.75, 3.05) is 64.3 Å². The van der Waals surface area contributed by atoms with Crippen LogP contribution in [-0.2, 0) is 20.7 Å². The van der Waals surface area contributed by atoms with Crippen LogP contribution < -0.4 is 21.5 Å². The van der Waals surface area contributed by atoms with E-state index in [4.69, 9.17) is 4.74 Å². The van der Waals surface area contributed by atoms with E-state index in [1.165, 1.54) is 37.5 Å². The number of nitrogens with zero attached hydrogens (tertiary/aromatic N) is 4. The molecule has 58 heavy (non-hydrogen) atoms. The number of amides is 4. The van der Waals surface area contributed by atoms with Gasteiger partial charge in [0.2, 0.25) is 11.8 Å². The molecule has 0 unspecified atom stereocenters. The lowest BCUT2D eigenvalue weighted by Gasteiger charge is -2.35. The smallest absolute Gasteiger partial charge is 0.272 e. The minimum Gasteiger partial charge on any atom is -0.378 e. The summed E-state index contributed by atoms with van der Waals surface area (Å²) in [4.78, 5) is 70.9. The van der Waals surface area contributed by atoms with Gasteiger partial charge in [0, 0.05) is 69.8 Å². The van der Waals surface area contributed by atoms with Crippen LogP contribution in [0.3, 0.4) is 0 Å². The van der Waals surface area contributed by atoms with Gasteiger partial charge < -0.3 is 30.5 Å². The summed E-state index contributed by atoms with van der Waals surface area (Å²) < 4.78 is 20.5. The molecule has 0 bridgehead atoms. The molecule has 7 rings (SSSR count). The van der Waals surface area contributed by atoms with Gasteiger partial charge in [-0.15, -0.1) is 0 Å². The molecule has 300 valence electrons. The van der Waals surface area contributed by atoms with Gasteiger partial charge in [-0.1, -0.05) is 48.5 Å². The lowest BCUT2D eigenvalue weighted by Crippen LogP contribution is -2.52. The van der Waals surface area contributed by atoms with Crippen LogP contribution >= 0.6 is 0 Å². The van der Waals surface area contributed by atoms with Gasteiger partial charge in [-0.25, -0.2) is 14.5 Å². The maximum absolute atomic E-state index is 14.9. The fourth-order valence-electron chi connectivity index (χ4n) is 7.03. The molecule has 3 aromatic carbocycles. The number of aromatic amines is 1. The van der Waals surface area contributed by atoms with E-state index >= 15 is 0 Å². The molecule has 2 aromatic heterocycles. The maximum atomic E-state index is 14.9. The van der Waals surface area contributed by atoms with Gasteiger partial charge in [0.1, 0.15) is 5.82 Å². The molecule has 1 saturated carbocycles. The van der Waals surface area contributed by atoms with Crippen molar-refractivity contribution < 1.29 is 28.3 Å². The van der Waals surface area contributed by atoms with E-state index in [2.05, 4.69) is 43.3 Å². The standard InChI is InChI=1S/C43H45FN8O6/c1-27(53)48-38-24-32(31-6-4-5-30(23-31)29-10-11-29)25-47-40(38)42(56)46-14-20-58-19-13-45-26-39(54)51-15-17-52(18-16-51)43(57)35-21-28(9-12-36(35)44)22-37-33-7-2-3-8-34(33)41(55)50-49-37/h2-9,12,21,23-25,29,45H,10-11,13-20,22,26H2,1H3,(H,46,56)(H,48,53)(H,50,55). The number of pyridine rings is 1. The van der Waals surface area contributed by atoms with Crippen molar-refractivity contribution in [2.24, 2.45) is 0 Å². The van der Waals surface area contributed by atoms with Crippen molar-refractivity contribution in [2.45, 2.75) is 32.1 Å². The molecular weight excluding hydrogens is 744 g/mol. The first-order chi connectivity index (χ1) is 28.1. The van der Waals surface area contributed by atoms with Crippen LogP contribution in [0.1, 0.15) is 63.4 Å². The largest absolute Gasteiger partial charge is 0.378 e. The van der Waals surface area contributed by atoms with E-state index in [1.807, 2.05) is 18.2 Å². The Bertz CT molecular complexity index is 2390. The van der Waals surface area contributed by atoms with Crippen molar-refractivity contribution in [3.63, 3.8) is 0 Å². The van der Waals surface area contributed by atoms with Crippen LogP contribution in [-0.4, -0.2) is 108 Å². The summed E-state index contributed by atoms with van der Waals surface area (Å²) >= 11 is 0. The summed E-state index contributed by atoms with van der Waals surface area (Å²) in [6.07, 6.45) is 4.30. The number of carbonyl (C=O) groups excluding carboxylic acids is 4. The molecule has 5 aromatic rings. The zero-order valence-corrected chi connectivity index (χ0v) is 32.2. The van der Waals surface area contributed by atoms with Gasteiger partial charge >= 0.3 is 0 Å². The van der Waals surface area contributed by atoms with Crippen molar-refractivity contribution in [3.8, 4) is 11.1 Å². The highest BCUT2D eigenvalue weighted by Gasteiger charge is 2.27. The van der Waals surface area contributed by atoms with Gasteiger partial charge in [0.15, 0.2) is 5.69 Å². The second kappa shape index (κ2) is 18.3. The quantitative estimate of drug-likeness (QED) is 0.115. The summed E-state index contributed by atoms with van der Waals surface area (Å²) in [7, 11) is 0. The molecule has 1 aliphatic carbocycles. The monoisotopic (exact) mass is 788 g/mol.